The van der Waals surface area contributed by atoms with Gasteiger partial charge in [-0.2, -0.15) is 0 Å². The Labute approximate surface area is 124 Å². The number of ether oxygens (including phenoxy) is 1. The Morgan fingerprint density at radius 1 is 1.43 bits per heavy atom. The Balaban J connectivity index is 1.57. The second-order valence-corrected chi connectivity index (χ2v) is 6.06. The minimum atomic E-state index is -0.328. The van der Waals surface area contributed by atoms with Gasteiger partial charge in [-0.15, -0.1) is 0 Å². The lowest BCUT2D eigenvalue weighted by Gasteiger charge is -2.43. The van der Waals surface area contributed by atoms with Gasteiger partial charge in [-0.3, -0.25) is 0 Å². The first-order chi connectivity index (χ1) is 10.2. The highest BCUT2D eigenvalue weighted by molar-refractivity contribution is 5.68. The molecule has 2 N–H and O–H groups in total. The molecule has 1 aromatic carbocycles. The Hall–Kier alpha value is -1.59. The van der Waals surface area contributed by atoms with Crippen molar-refractivity contribution in [2.45, 2.75) is 25.6 Å². The summed E-state index contributed by atoms with van der Waals surface area (Å²) in [5.41, 5.74) is 0.796. The molecule has 114 valence electrons. The monoisotopic (exact) mass is 290 g/mol. The molecule has 5 heteroatoms. The minimum Gasteiger partial charge on any atom is -0.445 e. The van der Waals surface area contributed by atoms with E-state index in [1.54, 1.807) is 4.90 Å². The molecule has 2 fully saturated rings. The lowest BCUT2D eigenvalue weighted by molar-refractivity contribution is -0.0333. The van der Waals surface area contributed by atoms with Crippen LogP contribution in [0, 0.1) is 5.41 Å². The number of carbonyl (C=O) groups excluding carboxylic acids is 1. The molecule has 21 heavy (non-hydrogen) atoms. The van der Waals surface area contributed by atoms with Crippen molar-refractivity contribution < 1.29 is 14.6 Å². The highest BCUT2D eigenvalue weighted by atomic mass is 16.6. The number of piperidine rings is 1. The third kappa shape index (κ3) is 3.04. The first-order valence-electron chi connectivity index (χ1n) is 7.54. The van der Waals surface area contributed by atoms with Crippen LogP contribution in [-0.4, -0.2) is 48.4 Å². The second kappa shape index (κ2) is 6.03. The third-order valence-corrected chi connectivity index (χ3v) is 4.63. The Kier molecular flexibility index (Phi) is 4.12. The van der Waals surface area contributed by atoms with Crippen LogP contribution in [0.4, 0.5) is 4.79 Å². The number of aliphatic hydroxyl groups is 1. The Bertz CT molecular complexity index is 486. The van der Waals surface area contributed by atoms with Crippen LogP contribution in [0.3, 0.4) is 0 Å². The van der Waals surface area contributed by atoms with Crippen molar-refractivity contribution in [3.8, 4) is 0 Å². The van der Waals surface area contributed by atoms with Gasteiger partial charge in [0.05, 0.1) is 6.10 Å². The summed E-state index contributed by atoms with van der Waals surface area (Å²) in [7, 11) is 0. The molecular weight excluding hydrogens is 268 g/mol. The number of benzene rings is 1. The van der Waals surface area contributed by atoms with Crippen LogP contribution in [0.2, 0.25) is 0 Å². The van der Waals surface area contributed by atoms with E-state index in [9.17, 15) is 9.90 Å². The second-order valence-electron chi connectivity index (χ2n) is 6.06. The molecule has 2 aliphatic rings. The summed E-state index contributed by atoms with van der Waals surface area (Å²) in [5, 5.41) is 13.5. The number of likely N-dealkylation sites (tertiary alicyclic amines) is 1. The summed E-state index contributed by atoms with van der Waals surface area (Å²) >= 11 is 0. The number of aliphatic hydroxyl groups excluding tert-OH is 1. The minimum absolute atomic E-state index is 0.190. The maximum absolute atomic E-state index is 12.2. The van der Waals surface area contributed by atoms with Crippen molar-refractivity contribution in [3.63, 3.8) is 0 Å². The number of carbonyl (C=O) groups is 1. The molecule has 0 aliphatic carbocycles. The van der Waals surface area contributed by atoms with E-state index in [0.717, 1.165) is 25.1 Å². The van der Waals surface area contributed by atoms with Crippen molar-refractivity contribution in [1.29, 1.82) is 0 Å². The fraction of sp³-hybridized carbons (Fsp3) is 0.562. The third-order valence-electron chi connectivity index (χ3n) is 4.63. The maximum atomic E-state index is 12.2. The molecule has 5 nitrogen and oxygen atoms in total. The first kappa shape index (κ1) is 14.4. The van der Waals surface area contributed by atoms with Crippen molar-refractivity contribution in [2.75, 3.05) is 26.2 Å². The lowest BCUT2D eigenvalue weighted by Crippen LogP contribution is -2.54. The van der Waals surface area contributed by atoms with E-state index in [0.29, 0.717) is 26.1 Å². The van der Waals surface area contributed by atoms with Crippen molar-refractivity contribution in [3.05, 3.63) is 35.9 Å². The summed E-state index contributed by atoms with van der Waals surface area (Å²) in [6, 6.07) is 9.68. The predicted octanol–water partition coefficient (Wildman–Crippen LogP) is 1.37. The zero-order chi connectivity index (χ0) is 14.7. The first-order valence-corrected chi connectivity index (χ1v) is 7.54. The summed E-state index contributed by atoms with van der Waals surface area (Å²) in [6.45, 7) is 3.12. The van der Waals surface area contributed by atoms with E-state index in [-0.39, 0.29) is 17.6 Å². The summed E-state index contributed by atoms with van der Waals surface area (Å²) in [4.78, 5) is 14.0. The normalized spacial score (nSPS) is 28.8. The van der Waals surface area contributed by atoms with Crippen LogP contribution in [0.5, 0.6) is 0 Å². The van der Waals surface area contributed by atoms with Crippen molar-refractivity contribution >= 4 is 6.09 Å². The fourth-order valence-electron chi connectivity index (χ4n) is 3.30. The molecule has 2 atom stereocenters. The lowest BCUT2D eigenvalue weighted by atomic mass is 9.77. The molecular formula is C16H22N2O3. The van der Waals surface area contributed by atoms with Gasteiger partial charge >= 0.3 is 6.09 Å². The maximum Gasteiger partial charge on any atom is 0.410 e. The molecule has 2 saturated heterocycles. The molecule has 0 aromatic heterocycles. The van der Waals surface area contributed by atoms with Crippen LogP contribution in [-0.2, 0) is 11.3 Å². The molecule has 0 bridgehead atoms. The van der Waals surface area contributed by atoms with Gasteiger partial charge in [0.25, 0.3) is 0 Å². The number of amides is 1. The number of hydrogen-bond donors (Lipinski definition) is 2. The number of nitrogens with zero attached hydrogens (tertiary/aromatic N) is 1. The molecule has 2 heterocycles. The van der Waals surface area contributed by atoms with Crippen LogP contribution in [0.15, 0.2) is 30.3 Å². The number of nitrogens with one attached hydrogen (secondary N) is 1. The van der Waals surface area contributed by atoms with Crippen LogP contribution in [0.25, 0.3) is 0 Å². The van der Waals surface area contributed by atoms with Crippen LogP contribution < -0.4 is 5.32 Å². The SMILES string of the molecule is O=C(OCc1ccccc1)N1CCC(O)C2(CCNC2)C1. The summed E-state index contributed by atoms with van der Waals surface area (Å²) < 4.78 is 5.39. The fourth-order valence-corrected chi connectivity index (χ4v) is 3.30. The van der Waals surface area contributed by atoms with E-state index >= 15 is 0 Å². The Morgan fingerprint density at radius 2 is 2.24 bits per heavy atom. The number of hydrogen-bond acceptors (Lipinski definition) is 4. The van der Waals surface area contributed by atoms with Gasteiger partial charge in [-0.25, -0.2) is 4.79 Å². The highest BCUT2D eigenvalue weighted by Crippen LogP contribution is 2.36. The molecule has 1 spiro atoms. The zero-order valence-corrected chi connectivity index (χ0v) is 12.1. The van der Waals surface area contributed by atoms with E-state index < -0.39 is 0 Å². The molecule has 2 aliphatic heterocycles. The smallest absolute Gasteiger partial charge is 0.410 e. The Morgan fingerprint density at radius 3 is 2.95 bits per heavy atom. The largest absolute Gasteiger partial charge is 0.445 e. The van der Waals surface area contributed by atoms with Crippen molar-refractivity contribution in [2.24, 2.45) is 5.41 Å². The summed E-state index contributed by atoms with van der Waals surface area (Å²) in [6.07, 6.45) is 0.932. The molecule has 0 radical (unpaired) electrons. The molecule has 2 unspecified atom stereocenters. The van der Waals surface area contributed by atoms with E-state index in [1.165, 1.54) is 0 Å². The molecule has 1 aromatic rings. The summed E-state index contributed by atoms with van der Waals surface area (Å²) in [5.74, 6) is 0. The van der Waals surface area contributed by atoms with E-state index in [4.69, 9.17) is 4.74 Å². The molecule has 3 rings (SSSR count). The quantitative estimate of drug-likeness (QED) is 0.863. The van der Waals surface area contributed by atoms with E-state index in [2.05, 4.69) is 5.32 Å². The van der Waals surface area contributed by atoms with Gasteiger partial charge in [0.2, 0.25) is 0 Å². The average Bonchev–Trinajstić information content (AvgIpc) is 2.98. The standard InChI is InChI=1S/C16H22N2O3/c19-14-6-9-18(12-16(14)7-8-17-11-16)15(20)21-10-13-4-2-1-3-5-13/h1-5,14,17,19H,6-12H2. The van der Waals surface area contributed by atoms with Gasteiger partial charge in [0.15, 0.2) is 0 Å². The van der Waals surface area contributed by atoms with Crippen LogP contribution >= 0.6 is 0 Å². The molecule has 1 amide bonds. The van der Waals surface area contributed by atoms with Gasteiger partial charge in [-0.05, 0) is 24.9 Å². The topological polar surface area (TPSA) is 61.8 Å². The van der Waals surface area contributed by atoms with Gasteiger partial charge < -0.3 is 20.1 Å². The van der Waals surface area contributed by atoms with Gasteiger partial charge in [-0.1, -0.05) is 30.3 Å². The van der Waals surface area contributed by atoms with Gasteiger partial charge in [0.1, 0.15) is 6.61 Å². The van der Waals surface area contributed by atoms with E-state index in [1.807, 2.05) is 30.3 Å². The zero-order valence-electron chi connectivity index (χ0n) is 12.1. The molecule has 0 saturated carbocycles. The van der Waals surface area contributed by atoms with Crippen LogP contribution in [0.1, 0.15) is 18.4 Å². The average molecular weight is 290 g/mol. The van der Waals surface area contributed by atoms with Crippen molar-refractivity contribution in [1.82, 2.24) is 10.2 Å². The van der Waals surface area contributed by atoms with Gasteiger partial charge in [0, 0.05) is 25.0 Å². The number of rotatable bonds is 2. The highest BCUT2D eigenvalue weighted by Gasteiger charge is 2.46. The predicted molar refractivity (Wildman–Crippen MR) is 78.7 cm³/mol.